The van der Waals surface area contributed by atoms with E-state index in [2.05, 4.69) is 28.6 Å². The summed E-state index contributed by atoms with van der Waals surface area (Å²) in [6.45, 7) is 10.9. The number of pyridine rings is 1. The van der Waals surface area contributed by atoms with E-state index in [1.54, 1.807) is 12.3 Å². The summed E-state index contributed by atoms with van der Waals surface area (Å²) in [5.74, 6) is 0.0596. The number of piperazine rings is 1. The molecule has 1 amide bonds. The number of halogens is 3. The molecule has 2 aromatic carbocycles. The number of carbonyl (C=O) groups is 1. The number of ether oxygens (including phenoxy) is 1. The smallest absolute Gasteiger partial charge is 0.376 e. The highest BCUT2D eigenvalue weighted by Gasteiger charge is 2.45. The minimum absolute atomic E-state index is 0.0219. The molecule has 6 rings (SSSR count). The van der Waals surface area contributed by atoms with E-state index < -0.39 is 11.7 Å². The zero-order valence-electron chi connectivity index (χ0n) is 24.5. The maximum absolute atomic E-state index is 13.5. The van der Waals surface area contributed by atoms with Crippen LogP contribution in [0.15, 0.2) is 54.7 Å². The largest absolute Gasteiger partial charge is 0.416 e. The lowest BCUT2D eigenvalue weighted by molar-refractivity contribution is -0.137. The van der Waals surface area contributed by atoms with E-state index in [1.165, 1.54) is 12.1 Å². The van der Waals surface area contributed by atoms with Gasteiger partial charge in [-0.15, -0.1) is 0 Å². The van der Waals surface area contributed by atoms with Crippen LogP contribution in [-0.2, 0) is 17.3 Å². The Bertz CT molecular complexity index is 1450. The van der Waals surface area contributed by atoms with Crippen molar-refractivity contribution in [2.75, 3.05) is 39.3 Å². The van der Waals surface area contributed by atoms with E-state index in [1.807, 2.05) is 42.2 Å². The van der Waals surface area contributed by atoms with E-state index in [-0.39, 0.29) is 29.6 Å². The number of nitrogens with zero attached hydrogens (tertiary/aromatic N) is 4. The second kappa shape index (κ2) is 11.2. The van der Waals surface area contributed by atoms with Crippen molar-refractivity contribution in [1.29, 1.82) is 0 Å². The standard InChI is InChI=1S/C33H39F3N4O2/c1-4-42-29-20-23-19-24(33(34,35)36)9-10-25(23)30(29)40-18-17-39(21-22(40)2)32(3)12-15-38(16-13-32)31(41)27-11-14-37-28-8-6-5-7-26(27)28/h5-11,14,19,22,29-30H,4,12-13,15-18,20-21H2,1-3H3/t22-,29+,30+/m0/s1. The number of para-hydroxylation sites is 1. The molecule has 6 nitrogen and oxygen atoms in total. The van der Waals surface area contributed by atoms with Crippen LogP contribution < -0.4 is 0 Å². The second-order valence-electron chi connectivity index (χ2n) is 12.3. The van der Waals surface area contributed by atoms with Gasteiger partial charge in [0.1, 0.15) is 0 Å². The number of rotatable bonds is 5. The van der Waals surface area contributed by atoms with Crippen molar-refractivity contribution in [3.05, 3.63) is 77.0 Å². The first-order valence-electron chi connectivity index (χ1n) is 15.0. The summed E-state index contributed by atoms with van der Waals surface area (Å²) in [5, 5.41) is 0.886. The van der Waals surface area contributed by atoms with Gasteiger partial charge in [-0.3, -0.25) is 19.6 Å². The highest BCUT2D eigenvalue weighted by atomic mass is 19.4. The van der Waals surface area contributed by atoms with Crippen LogP contribution in [0.5, 0.6) is 0 Å². The summed E-state index contributed by atoms with van der Waals surface area (Å²) in [4.78, 5) is 24.9. The lowest BCUT2D eigenvalue weighted by Crippen LogP contribution is -2.62. The second-order valence-corrected chi connectivity index (χ2v) is 12.3. The van der Waals surface area contributed by atoms with Gasteiger partial charge in [0.15, 0.2) is 0 Å². The van der Waals surface area contributed by atoms with Crippen LogP contribution in [0.4, 0.5) is 13.2 Å². The van der Waals surface area contributed by atoms with Crippen molar-refractivity contribution < 1.29 is 22.7 Å². The Morgan fingerprint density at radius 1 is 1.07 bits per heavy atom. The van der Waals surface area contributed by atoms with Crippen LogP contribution in [0.2, 0.25) is 0 Å². The average Bonchev–Trinajstić information content (AvgIpc) is 3.33. The van der Waals surface area contributed by atoms with Crippen LogP contribution in [0.3, 0.4) is 0 Å². The van der Waals surface area contributed by atoms with E-state index in [4.69, 9.17) is 4.74 Å². The maximum atomic E-state index is 13.5. The molecule has 0 spiro atoms. The third-order valence-corrected chi connectivity index (χ3v) is 9.75. The summed E-state index contributed by atoms with van der Waals surface area (Å²) in [5.41, 5.74) is 2.62. The lowest BCUT2D eigenvalue weighted by Gasteiger charge is -2.53. The normalized spacial score (nSPS) is 25.1. The highest BCUT2D eigenvalue weighted by molar-refractivity contribution is 6.06. The Labute approximate surface area is 245 Å². The molecule has 9 heteroatoms. The molecule has 3 aromatic rings. The Kier molecular flexibility index (Phi) is 7.79. The zero-order valence-corrected chi connectivity index (χ0v) is 24.5. The molecule has 2 saturated heterocycles. The summed E-state index contributed by atoms with van der Waals surface area (Å²) in [6, 6.07) is 13.9. The topological polar surface area (TPSA) is 48.9 Å². The van der Waals surface area contributed by atoms with Gasteiger partial charge in [-0.1, -0.05) is 24.3 Å². The fourth-order valence-corrected chi connectivity index (χ4v) is 7.37. The van der Waals surface area contributed by atoms with Gasteiger partial charge in [0, 0.05) is 68.9 Å². The molecule has 0 N–H and O–H groups in total. The molecule has 0 saturated carbocycles. The Morgan fingerprint density at radius 3 is 2.55 bits per heavy atom. The van der Waals surface area contributed by atoms with Crippen molar-refractivity contribution in [1.82, 2.24) is 19.7 Å². The van der Waals surface area contributed by atoms with Gasteiger partial charge >= 0.3 is 6.18 Å². The predicted octanol–water partition coefficient (Wildman–Crippen LogP) is 5.96. The molecule has 3 heterocycles. The fourth-order valence-electron chi connectivity index (χ4n) is 7.37. The first-order valence-corrected chi connectivity index (χ1v) is 15.0. The minimum Gasteiger partial charge on any atom is -0.376 e. The number of fused-ring (bicyclic) bond motifs is 2. The summed E-state index contributed by atoms with van der Waals surface area (Å²) in [7, 11) is 0. The predicted molar refractivity (Wildman–Crippen MR) is 156 cm³/mol. The van der Waals surface area contributed by atoms with Crippen LogP contribution >= 0.6 is 0 Å². The zero-order chi connectivity index (χ0) is 29.6. The number of alkyl halides is 3. The molecule has 2 aliphatic heterocycles. The SMILES string of the molecule is CCO[C@@H]1Cc2cc(C(F)(F)F)ccc2[C@H]1N1CCN(C2(C)CCN(C(=O)c3ccnc4ccccc34)CC2)C[C@@H]1C. The van der Waals surface area contributed by atoms with E-state index in [9.17, 15) is 18.0 Å². The van der Waals surface area contributed by atoms with Gasteiger partial charge in [-0.05, 0) is 69.0 Å². The third kappa shape index (κ3) is 5.31. The summed E-state index contributed by atoms with van der Waals surface area (Å²) >= 11 is 0. The van der Waals surface area contributed by atoms with E-state index in [0.29, 0.717) is 31.7 Å². The van der Waals surface area contributed by atoms with E-state index >= 15 is 0 Å². The number of piperidine rings is 1. The first kappa shape index (κ1) is 29.1. The van der Waals surface area contributed by atoms with Crippen LogP contribution in [0, 0.1) is 0 Å². The quantitative estimate of drug-likeness (QED) is 0.373. The Balaban J connectivity index is 1.13. The molecule has 42 heavy (non-hydrogen) atoms. The van der Waals surface area contributed by atoms with Crippen molar-refractivity contribution in [3.8, 4) is 0 Å². The van der Waals surface area contributed by atoms with E-state index in [0.717, 1.165) is 54.5 Å². The Morgan fingerprint density at radius 2 is 1.83 bits per heavy atom. The van der Waals surface area contributed by atoms with Gasteiger partial charge in [0.25, 0.3) is 5.91 Å². The van der Waals surface area contributed by atoms with Crippen LogP contribution in [-0.4, -0.2) is 82.6 Å². The minimum atomic E-state index is -4.35. The molecule has 3 atom stereocenters. The highest BCUT2D eigenvalue weighted by Crippen LogP contribution is 2.43. The van der Waals surface area contributed by atoms with Crippen LogP contribution in [0.1, 0.15) is 66.7 Å². The summed E-state index contributed by atoms with van der Waals surface area (Å²) in [6.07, 6.45) is -0.519. The van der Waals surface area contributed by atoms with Crippen molar-refractivity contribution in [3.63, 3.8) is 0 Å². The molecule has 0 bridgehead atoms. The Hall–Kier alpha value is -3.01. The molecular formula is C33H39F3N4O2. The van der Waals surface area contributed by atoms with Crippen molar-refractivity contribution >= 4 is 16.8 Å². The molecule has 1 aromatic heterocycles. The fraction of sp³-hybridized carbons (Fsp3) is 0.515. The average molecular weight is 581 g/mol. The molecule has 0 unspecified atom stereocenters. The first-order chi connectivity index (χ1) is 20.1. The molecular weight excluding hydrogens is 541 g/mol. The number of likely N-dealkylation sites (tertiary alicyclic amines) is 1. The van der Waals surface area contributed by atoms with Gasteiger partial charge in [-0.2, -0.15) is 13.2 Å². The van der Waals surface area contributed by atoms with Gasteiger partial charge in [0.2, 0.25) is 0 Å². The third-order valence-electron chi connectivity index (χ3n) is 9.75. The monoisotopic (exact) mass is 580 g/mol. The number of carbonyl (C=O) groups excluding carboxylic acids is 1. The van der Waals surface area contributed by atoms with Gasteiger partial charge < -0.3 is 9.64 Å². The number of hydrogen-bond donors (Lipinski definition) is 0. The van der Waals surface area contributed by atoms with Crippen molar-refractivity contribution in [2.24, 2.45) is 0 Å². The van der Waals surface area contributed by atoms with Crippen molar-refractivity contribution in [2.45, 2.75) is 69.9 Å². The van der Waals surface area contributed by atoms with Crippen LogP contribution in [0.25, 0.3) is 10.9 Å². The number of hydrogen-bond acceptors (Lipinski definition) is 5. The number of aromatic nitrogens is 1. The number of amides is 1. The summed E-state index contributed by atoms with van der Waals surface area (Å²) < 4.78 is 46.4. The molecule has 0 radical (unpaired) electrons. The number of benzene rings is 2. The molecule has 3 aliphatic rings. The molecule has 2 fully saturated rings. The van der Waals surface area contributed by atoms with Gasteiger partial charge in [-0.25, -0.2) is 0 Å². The molecule has 224 valence electrons. The maximum Gasteiger partial charge on any atom is 0.416 e. The van der Waals surface area contributed by atoms with Gasteiger partial charge in [0.05, 0.1) is 28.8 Å². The lowest BCUT2D eigenvalue weighted by atomic mass is 9.86. The molecule has 1 aliphatic carbocycles.